The first-order valence-corrected chi connectivity index (χ1v) is 4.24. The smallest absolute Gasteiger partial charge is 0.146 e. The molecule has 0 aliphatic heterocycles. The number of nitrogens with two attached hydrogens (primary N) is 1. The molecule has 3 N–H and O–H groups in total. The highest BCUT2D eigenvalue weighted by Gasteiger charge is 2.04. The third-order valence-corrected chi connectivity index (χ3v) is 1.98. The predicted molar refractivity (Wildman–Crippen MR) is 53.1 cm³/mol. The van der Waals surface area contributed by atoms with Gasteiger partial charge in [-0.05, 0) is 25.1 Å². The van der Waals surface area contributed by atoms with Crippen molar-refractivity contribution >= 4 is 5.69 Å². The summed E-state index contributed by atoms with van der Waals surface area (Å²) in [6.07, 6.45) is 1.70. The van der Waals surface area contributed by atoms with E-state index < -0.39 is 5.82 Å². The number of H-pyrrole nitrogens is 1. The fraction of sp³-hybridized carbons (Fsp3) is 0.100. The standard InChI is InChI=1S/C10H10FN3/c1-6-5-13-10(14-6)7-2-3-9(12)8(11)4-7/h2-5H,12H2,1H3,(H,13,14). The molecular formula is C10H10FN3. The number of nitrogen functional groups attached to an aromatic ring is 1. The Morgan fingerprint density at radius 3 is 2.79 bits per heavy atom. The van der Waals surface area contributed by atoms with Gasteiger partial charge in [-0.15, -0.1) is 0 Å². The molecule has 1 aromatic carbocycles. The number of aromatic nitrogens is 2. The predicted octanol–water partition coefficient (Wildman–Crippen LogP) is 2.11. The Balaban J connectivity index is 2.47. The van der Waals surface area contributed by atoms with Gasteiger partial charge in [0.05, 0.1) is 5.69 Å². The van der Waals surface area contributed by atoms with Crippen LogP contribution in [0.15, 0.2) is 24.4 Å². The maximum atomic E-state index is 13.1. The lowest BCUT2D eigenvalue weighted by atomic mass is 10.2. The molecule has 2 rings (SSSR count). The van der Waals surface area contributed by atoms with Gasteiger partial charge in [-0.25, -0.2) is 9.37 Å². The molecule has 0 aliphatic rings. The summed E-state index contributed by atoms with van der Waals surface area (Å²) in [7, 11) is 0. The average molecular weight is 191 g/mol. The molecule has 0 fully saturated rings. The number of nitrogens with zero attached hydrogens (tertiary/aromatic N) is 1. The number of hydrogen-bond acceptors (Lipinski definition) is 2. The number of hydrogen-bond donors (Lipinski definition) is 2. The van der Waals surface area contributed by atoms with Crippen LogP contribution >= 0.6 is 0 Å². The Labute approximate surface area is 80.8 Å². The lowest BCUT2D eigenvalue weighted by Crippen LogP contribution is -1.91. The van der Waals surface area contributed by atoms with Gasteiger partial charge in [0.1, 0.15) is 11.6 Å². The molecule has 0 amide bonds. The summed E-state index contributed by atoms with van der Waals surface area (Å²) in [5.41, 5.74) is 7.16. The van der Waals surface area contributed by atoms with Crippen molar-refractivity contribution in [3.63, 3.8) is 0 Å². The van der Waals surface area contributed by atoms with E-state index in [1.54, 1.807) is 12.3 Å². The van der Waals surface area contributed by atoms with Crippen molar-refractivity contribution < 1.29 is 4.39 Å². The first-order chi connectivity index (χ1) is 6.66. The number of aromatic amines is 1. The van der Waals surface area contributed by atoms with E-state index in [2.05, 4.69) is 9.97 Å². The monoisotopic (exact) mass is 191 g/mol. The zero-order valence-electron chi connectivity index (χ0n) is 7.71. The van der Waals surface area contributed by atoms with Crippen LogP contribution in [0.3, 0.4) is 0 Å². The summed E-state index contributed by atoms with van der Waals surface area (Å²) in [5.74, 6) is 0.234. The first kappa shape index (κ1) is 8.74. The minimum atomic E-state index is -0.420. The molecule has 0 unspecified atom stereocenters. The molecule has 4 heteroatoms. The molecule has 2 aromatic rings. The molecule has 0 saturated carbocycles. The number of benzene rings is 1. The van der Waals surface area contributed by atoms with Crippen molar-refractivity contribution in [1.29, 1.82) is 0 Å². The van der Waals surface area contributed by atoms with E-state index in [4.69, 9.17) is 5.73 Å². The van der Waals surface area contributed by atoms with E-state index >= 15 is 0 Å². The molecule has 0 radical (unpaired) electrons. The van der Waals surface area contributed by atoms with Gasteiger partial charge in [0.15, 0.2) is 0 Å². The van der Waals surface area contributed by atoms with Crippen molar-refractivity contribution in [1.82, 2.24) is 9.97 Å². The molecule has 1 heterocycles. The van der Waals surface area contributed by atoms with Crippen LogP contribution in [0.4, 0.5) is 10.1 Å². The highest BCUT2D eigenvalue weighted by atomic mass is 19.1. The molecule has 0 aliphatic carbocycles. The fourth-order valence-corrected chi connectivity index (χ4v) is 1.23. The van der Waals surface area contributed by atoms with Gasteiger partial charge in [0.2, 0.25) is 0 Å². The number of imidazole rings is 1. The van der Waals surface area contributed by atoms with Gasteiger partial charge >= 0.3 is 0 Å². The molecule has 0 bridgehead atoms. The van der Waals surface area contributed by atoms with Gasteiger partial charge in [0, 0.05) is 17.5 Å². The Morgan fingerprint density at radius 2 is 2.21 bits per heavy atom. The number of anilines is 1. The molecular weight excluding hydrogens is 181 g/mol. The zero-order chi connectivity index (χ0) is 10.1. The van der Waals surface area contributed by atoms with Crippen LogP contribution < -0.4 is 5.73 Å². The van der Waals surface area contributed by atoms with Crippen LogP contribution in [0, 0.1) is 12.7 Å². The quantitative estimate of drug-likeness (QED) is 0.678. The molecule has 1 aromatic heterocycles. The van der Waals surface area contributed by atoms with E-state index in [0.29, 0.717) is 11.4 Å². The van der Waals surface area contributed by atoms with E-state index in [-0.39, 0.29) is 5.69 Å². The maximum absolute atomic E-state index is 13.1. The lowest BCUT2D eigenvalue weighted by Gasteiger charge is -1.99. The van der Waals surface area contributed by atoms with E-state index in [0.717, 1.165) is 5.69 Å². The van der Waals surface area contributed by atoms with Crippen LogP contribution in [0.5, 0.6) is 0 Å². The highest BCUT2D eigenvalue weighted by molar-refractivity contribution is 5.59. The minimum Gasteiger partial charge on any atom is -0.396 e. The topological polar surface area (TPSA) is 54.7 Å². The minimum absolute atomic E-state index is 0.150. The second-order valence-corrected chi connectivity index (χ2v) is 3.15. The largest absolute Gasteiger partial charge is 0.396 e. The van der Waals surface area contributed by atoms with Crippen LogP contribution in [0.1, 0.15) is 5.69 Å². The normalized spacial score (nSPS) is 10.4. The Hall–Kier alpha value is -1.84. The Bertz CT molecular complexity index is 462. The van der Waals surface area contributed by atoms with Crippen molar-refractivity contribution in [2.75, 3.05) is 5.73 Å². The summed E-state index contributed by atoms with van der Waals surface area (Å²) in [6.45, 7) is 1.89. The second-order valence-electron chi connectivity index (χ2n) is 3.15. The fourth-order valence-electron chi connectivity index (χ4n) is 1.23. The van der Waals surface area contributed by atoms with E-state index in [1.165, 1.54) is 12.1 Å². The van der Waals surface area contributed by atoms with Gasteiger partial charge in [-0.3, -0.25) is 0 Å². The van der Waals surface area contributed by atoms with Gasteiger partial charge in [0.25, 0.3) is 0 Å². The number of rotatable bonds is 1. The molecule has 0 atom stereocenters. The third-order valence-electron chi connectivity index (χ3n) is 1.98. The number of halogens is 1. The Morgan fingerprint density at radius 1 is 1.43 bits per heavy atom. The maximum Gasteiger partial charge on any atom is 0.146 e. The third kappa shape index (κ3) is 1.46. The number of aryl methyl sites for hydroxylation is 1. The summed E-state index contributed by atoms with van der Waals surface area (Å²) in [4.78, 5) is 7.11. The van der Waals surface area contributed by atoms with Crippen molar-refractivity contribution in [3.8, 4) is 11.4 Å². The van der Waals surface area contributed by atoms with Crippen LogP contribution in [0.2, 0.25) is 0 Å². The second kappa shape index (κ2) is 3.14. The summed E-state index contributed by atoms with van der Waals surface area (Å²) in [5, 5.41) is 0. The zero-order valence-corrected chi connectivity index (χ0v) is 7.71. The van der Waals surface area contributed by atoms with E-state index in [9.17, 15) is 4.39 Å². The Kier molecular flexibility index (Phi) is 1.96. The van der Waals surface area contributed by atoms with Crippen LogP contribution in [0.25, 0.3) is 11.4 Å². The molecule has 0 saturated heterocycles. The van der Waals surface area contributed by atoms with Gasteiger partial charge < -0.3 is 10.7 Å². The summed E-state index contributed by atoms with van der Waals surface area (Å²) < 4.78 is 13.1. The summed E-state index contributed by atoms with van der Waals surface area (Å²) in [6, 6.07) is 4.63. The molecule has 72 valence electrons. The molecule has 14 heavy (non-hydrogen) atoms. The average Bonchev–Trinajstić information content (AvgIpc) is 2.57. The molecule has 0 spiro atoms. The van der Waals surface area contributed by atoms with Crippen molar-refractivity contribution in [2.24, 2.45) is 0 Å². The highest BCUT2D eigenvalue weighted by Crippen LogP contribution is 2.19. The van der Waals surface area contributed by atoms with Crippen LogP contribution in [-0.4, -0.2) is 9.97 Å². The SMILES string of the molecule is Cc1cnc(-c2ccc(N)c(F)c2)[nH]1. The van der Waals surface area contributed by atoms with Crippen LogP contribution in [-0.2, 0) is 0 Å². The van der Waals surface area contributed by atoms with Gasteiger partial charge in [-0.1, -0.05) is 0 Å². The van der Waals surface area contributed by atoms with Crippen molar-refractivity contribution in [2.45, 2.75) is 6.92 Å². The van der Waals surface area contributed by atoms with Gasteiger partial charge in [-0.2, -0.15) is 0 Å². The lowest BCUT2D eigenvalue weighted by molar-refractivity contribution is 0.633. The van der Waals surface area contributed by atoms with E-state index in [1.807, 2.05) is 6.92 Å². The van der Waals surface area contributed by atoms with Crippen molar-refractivity contribution in [3.05, 3.63) is 35.9 Å². The molecule has 3 nitrogen and oxygen atoms in total. The summed E-state index contributed by atoms with van der Waals surface area (Å²) >= 11 is 0. The first-order valence-electron chi connectivity index (χ1n) is 4.24. The number of nitrogens with one attached hydrogen (secondary N) is 1.